The Hall–Kier alpha value is -0.380. The maximum absolute atomic E-state index is 12.6. The molecular weight excluding hydrogens is 275 g/mol. The number of rotatable bonds is 6. The van der Waals surface area contributed by atoms with Crippen LogP contribution >= 0.6 is 19.2 Å². The maximum atomic E-state index is 12.6. The van der Waals surface area contributed by atoms with Crippen LogP contribution in [0.5, 0.6) is 0 Å². The summed E-state index contributed by atoms with van der Waals surface area (Å²) >= 11 is 5.87. The molecule has 0 heterocycles. The molecule has 102 valence electrons. The minimum atomic E-state index is -3.67. The highest BCUT2D eigenvalue weighted by Crippen LogP contribution is 2.63. The van der Waals surface area contributed by atoms with E-state index in [0.717, 1.165) is 0 Å². The molecule has 18 heavy (non-hydrogen) atoms. The number of hydrogen-bond acceptors (Lipinski definition) is 4. The summed E-state index contributed by atoms with van der Waals surface area (Å²) < 4.78 is 22.9. The van der Waals surface area contributed by atoms with Gasteiger partial charge in [0.15, 0.2) is 5.34 Å². The molecule has 0 spiro atoms. The van der Waals surface area contributed by atoms with Gasteiger partial charge in [-0.2, -0.15) is 0 Å². The molecule has 0 fully saturated rings. The van der Waals surface area contributed by atoms with E-state index >= 15 is 0 Å². The summed E-state index contributed by atoms with van der Waals surface area (Å²) in [4.78, 5) is 0. The first-order valence-corrected chi connectivity index (χ1v) is 7.67. The molecule has 0 aliphatic rings. The topological polar surface area (TPSA) is 55.8 Å². The first-order chi connectivity index (χ1) is 8.37. The van der Waals surface area contributed by atoms with E-state index in [9.17, 15) is 9.67 Å². The molecule has 0 aliphatic carbocycles. The quantitative estimate of drug-likeness (QED) is 0.811. The molecule has 1 N–H and O–H groups in total. The predicted molar refractivity (Wildman–Crippen MR) is 71.9 cm³/mol. The molecule has 4 nitrogen and oxygen atoms in total. The van der Waals surface area contributed by atoms with Crippen molar-refractivity contribution in [1.82, 2.24) is 0 Å². The van der Waals surface area contributed by atoms with Crippen LogP contribution in [0.3, 0.4) is 0 Å². The van der Waals surface area contributed by atoms with Crippen molar-refractivity contribution in [3.63, 3.8) is 0 Å². The molecule has 0 aliphatic heterocycles. The normalized spacial score (nSPS) is 15.4. The smallest absolute Gasteiger partial charge is 0.366 e. The van der Waals surface area contributed by atoms with Gasteiger partial charge in [-0.25, -0.2) is 0 Å². The predicted octanol–water partition coefficient (Wildman–Crippen LogP) is 3.77. The van der Waals surface area contributed by atoms with Crippen LogP contribution in [0.15, 0.2) is 24.3 Å². The fourth-order valence-electron chi connectivity index (χ4n) is 1.57. The van der Waals surface area contributed by atoms with E-state index in [1.165, 1.54) is 6.92 Å². The molecule has 1 rings (SSSR count). The average Bonchev–Trinajstić information content (AvgIpc) is 2.29. The van der Waals surface area contributed by atoms with Gasteiger partial charge in [0, 0.05) is 5.02 Å². The highest BCUT2D eigenvalue weighted by atomic mass is 35.5. The van der Waals surface area contributed by atoms with Crippen LogP contribution in [-0.2, 0) is 19.0 Å². The lowest BCUT2D eigenvalue weighted by molar-refractivity contribution is 0.0802. The van der Waals surface area contributed by atoms with Crippen LogP contribution < -0.4 is 0 Å². The largest absolute Gasteiger partial charge is 0.373 e. The molecule has 1 aromatic rings. The van der Waals surface area contributed by atoms with Crippen LogP contribution in [0.2, 0.25) is 5.02 Å². The van der Waals surface area contributed by atoms with E-state index in [-0.39, 0.29) is 13.2 Å². The Kier molecular flexibility index (Phi) is 5.38. The number of halogens is 1. The summed E-state index contributed by atoms with van der Waals surface area (Å²) in [5.41, 5.74) is 0.403. The molecule has 1 aromatic carbocycles. The van der Waals surface area contributed by atoms with Gasteiger partial charge in [0.05, 0.1) is 13.2 Å². The molecule has 0 radical (unpaired) electrons. The number of benzene rings is 1. The Labute approximate surface area is 112 Å². The fourth-order valence-corrected chi connectivity index (χ4v) is 3.47. The van der Waals surface area contributed by atoms with E-state index in [2.05, 4.69) is 0 Å². The van der Waals surface area contributed by atoms with Gasteiger partial charge < -0.3 is 14.2 Å². The molecule has 1 unspecified atom stereocenters. The van der Waals surface area contributed by atoms with Crippen LogP contribution in [-0.4, -0.2) is 18.3 Å². The Morgan fingerprint density at radius 3 is 2.33 bits per heavy atom. The summed E-state index contributed by atoms with van der Waals surface area (Å²) in [6.45, 7) is 5.17. The van der Waals surface area contributed by atoms with Gasteiger partial charge in [0.1, 0.15) is 0 Å². The van der Waals surface area contributed by atoms with Crippen molar-refractivity contribution in [2.75, 3.05) is 13.2 Å². The van der Waals surface area contributed by atoms with Crippen molar-refractivity contribution in [3.05, 3.63) is 34.9 Å². The summed E-state index contributed by atoms with van der Waals surface area (Å²) in [5.74, 6) is 0. The van der Waals surface area contributed by atoms with Crippen molar-refractivity contribution in [2.45, 2.75) is 26.1 Å². The van der Waals surface area contributed by atoms with Crippen LogP contribution in [0.1, 0.15) is 26.3 Å². The van der Waals surface area contributed by atoms with Crippen molar-refractivity contribution in [1.29, 1.82) is 0 Å². The highest BCUT2D eigenvalue weighted by molar-refractivity contribution is 7.54. The van der Waals surface area contributed by atoms with Crippen molar-refractivity contribution in [3.8, 4) is 0 Å². The Morgan fingerprint density at radius 1 is 1.33 bits per heavy atom. The first kappa shape index (κ1) is 15.7. The minimum absolute atomic E-state index is 0.188. The van der Waals surface area contributed by atoms with Crippen molar-refractivity contribution in [2.24, 2.45) is 0 Å². The van der Waals surface area contributed by atoms with Crippen LogP contribution in [0.25, 0.3) is 0 Å². The minimum Gasteiger partial charge on any atom is -0.373 e. The second-order valence-corrected chi connectivity index (χ2v) is 6.68. The van der Waals surface area contributed by atoms with E-state index in [4.69, 9.17) is 20.6 Å². The van der Waals surface area contributed by atoms with Crippen molar-refractivity contribution >= 4 is 19.2 Å². The summed E-state index contributed by atoms with van der Waals surface area (Å²) in [5, 5.41) is 9.24. The van der Waals surface area contributed by atoms with Crippen LogP contribution in [0.4, 0.5) is 0 Å². The van der Waals surface area contributed by atoms with Gasteiger partial charge in [0.25, 0.3) is 0 Å². The molecule has 6 heteroatoms. The van der Waals surface area contributed by atoms with Gasteiger partial charge in [-0.15, -0.1) is 0 Å². The zero-order valence-corrected chi connectivity index (χ0v) is 12.4. The lowest BCUT2D eigenvalue weighted by atomic mass is 10.1. The van der Waals surface area contributed by atoms with Gasteiger partial charge in [-0.1, -0.05) is 23.7 Å². The first-order valence-electron chi connectivity index (χ1n) is 5.75. The number of aliphatic hydroxyl groups is 1. The SMILES string of the molecule is CCOP(=O)(OCC)C(C)(O)c1cccc(Cl)c1. The third kappa shape index (κ3) is 3.14. The lowest BCUT2D eigenvalue weighted by Crippen LogP contribution is -2.24. The van der Waals surface area contributed by atoms with Gasteiger partial charge in [-0.3, -0.25) is 4.57 Å². The molecule has 0 saturated heterocycles. The molecule has 0 saturated carbocycles. The Morgan fingerprint density at radius 2 is 1.89 bits per heavy atom. The van der Waals surface area contributed by atoms with E-state index < -0.39 is 12.9 Å². The standard InChI is InChI=1S/C12H18ClO4P/c1-4-16-18(15,17-5-2)12(3,14)10-7-6-8-11(13)9-10/h6-9,14H,4-5H2,1-3H3. The zero-order chi connectivity index (χ0) is 13.8. The summed E-state index contributed by atoms with van der Waals surface area (Å²) in [7, 11) is -3.67. The number of hydrogen-bond donors (Lipinski definition) is 1. The molecule has 0 aromatic heterocycles. The molecular formula is C12H18ClO4P. The van der Waals surface area contributed by atoms with Gasteiger partial charge in [-0.05, 0) is 38.5 Å². The second kappa shape index (κ2) is 6.18. The molecule has 1 atom stereocenters. The second-order valence-electron chi connectivity index (χ2n) is 3.86. The van der Waals surface area contributed by atoms with Gasteiger partial charge >= 0.3 is 7.60 Å². The third-order valence-corrected chi connectivity index (χ3v) is 5.26. The fraction of sp³-hybridized carbons (Fsp3) is 0.500. The summed E-state index contributed by atoms with van der Waals surface area (Å²) in [6, 6.07) is 6.53. The van der Waals surface area contributed by atoms with Crippen LogP contribution in [0, 0.1) is 0 Å². The zero-order valence-electron chi connectivity index (χ0n) is 10.7. The van der Waals surface area contributed by atoms with E-state index in [1.807, 2.05) is 0 Å². The average molecular weight is 293 g/mol. The van der Waals surface area contributed by atoms with E-state index in [0.29, 0.717) is 10.6 Å². The Bertz CT molecular complexity index is 437. The molecule has 0 bridgehead atoms. The third-order valence-electron chi connectivity index (χ3n) is 2.50. The van der Waals surface area contributed by atoms with Crippen molar-refractivity contribution < 1.29 is 18.7 Å². The highest BCUT2D eigenvalue weighted by Gasteiger charge is 2.47. The molecule has 0 amide bonds. The van der Waals surface area contributed by atoms with Gasteiger partial charge in [0.2, 0.25) is 0 Å². The lowest BCUT2D eigenvalue weighted by Gasteiger charge is -2.31. The van der Waals surface area contributed by atoms with E-state index in [1.54, 1.807) is 38.1 Å². The monoisotopic (exact) mass is 292 g/mol. The summed E-state index contributed by atoms with van der Waals surface area (Å²) in [6.07, 6.45) is 0. The Balaban J connectivity index is 3.20. The maximum Gasteiger partial charge on any atom is 0.366 e.